The van der Waals surface area contributed by atoms with E-state index in [1.165, 1.54) is 17.8 Å². The van der Waals surface area contributed by atoms with Crippen molar-refractivity contribution in [1.82, 2.24) is 4.57 Å². The molecule has 0 spiro atoms. The first kappa shape index (κ1) is 14.6. The van der Waals surface area contributed by atoms with E-state index in [-0.39, 0.29) is 5.69 Å². The van der Waals surface area contributed by atoms with E-state index >= 15 is 0 Å². The van der Waals surface area contributed by atoms with Gasteiger partial charge in [0.05, 0.1) is 11.5 Å². The van der Waals surface area contributed by atoms with Gasteiger partial charge in [-0.05, 0) is 40.5 Å². The number of halogens is 1. The fourth-order valence-electron chi connectivity index (χ4n) is 2.02. The molecule has 1 aromatic carbocycles. The van der Waals surface area contributed by atoms with Crippen LogP contribution in [0.2, 0.25) is 0 Å². The van der Waals surface area contributed by atoms with Gasteiger partial charge in [-0.15, -0.1) is 0 Å². The smallest absolute Gasteiger partial charge is 0.270 e. The third-order valence-corrected chi connectivity index (χ3v) is 3.67. The normalized spacial score (nSPS) is 10.5. The van der Waals surface area contributed by atoms with Crippen LogP contribution in [0.1, 0.15) is 19.0 Å². The third kappa shape index (κ3) is 3.39. The summed E-state index contributed by atoms with van der Waals surface area (Å²) in [5.74, 6) is 0. The number of hydrogen-bond donors (Lipinski definition) is 1. The van der Waals surface area contributed by atoms with Crippen molar-refractivity contribution in [2.45, 2.75) is 26.4 Å². The molecule has 0 radical (unpaired) electrons. The van der Waals surface area contributed by atoms with E-state index in [9.17, 15) is 10.1 Å². The second kappa shape index (κ2) is 6.56. The number of aryl methyl sites for hydroxylation is 1. The summed E-state index contributed by atoms with van der Waals surface area (Å²) in [5.41, 5.74) is 2.12. The zero-order valence-electron chi connectivity index (χ0n) is 11.2. The Balaban J connectivity index is 2.07. The Bertz CT molecular complexity index is 610. The molecule has 0 atom stereocenters. The lowest BCUT2D eigenvalue weighted by atomic mass is 10.2. The van der Waals surface area contributed by atoms with E-state index in [0.717, 1.165) is 18.7 Å². The van der Waals surface area contributed by atoms with Gasteiger partial charge in [-0.1, -0.05) is 6.92 Å². The van der Waals surface area contributed by atoms with Crippen LogP contribution in [0.5, 0.6) is 0 Å². The lowest BCUT2D eigenvalue weighted by molar-refractivity contribution is -0.384. The van der Waals surface area contributed by atoms with Crippen LogP contribution in [-0.2, 0) is 13.1 Å². The molecule has 0 saturated heterocycles. The van der Waals surface area contributed by atoms with Crippen molar-refractivity contribution in [3.63, 3.8) is 0 Å². The molecular formula is C14H16BrN3O2. The molecule has 0 unspecified atom stereocenters. The minimum atomic E-state index is -0.402. The van der Waals surface area contributed by atoms with E-state index < -0.39 is 4.92 Å². The first-order valence-corrected chi connectivity index (χ1v) is 7.23. The molecule has 0 amide bonds. The topological polar surface area (TPSA) is 60.1 Å². The quantitative estimate of drug-likeness (QED) is 0.635. The minimum absolute atomic E-state index is 0.0804. The van der Waals surface area contributed by atoms with Crippen LogP contribution in [0.25, 0.3) is 0 Å². The molecule has 0 aliphatic carbocycles. The number of nitro groups is 1. The van der Waals surface area contributed by atoms with Crippen LogP contribution in [0.3, 0.4) is 0 Å². The molecule has 6 heteroatoms. The molecule has 0 fully saturated rings. The van der Waals surface area contributed by atoms with Crippen LogP contribution >= 0.6 is 15.9 Å². The Labute approximate surface area is 125 Å². The molecule has 20 heavy (non-hydrogen) atoms. The fraction of sp³-hybridized carbons (Fsp3) is 0.286. The lowest BCUT2D eigenvalue weighted by Crippen LogP contribution is -2.07. The molecule has 2 rings (SSSR count). The van der Waals surface area contributed by atoms with Crippen molar-refractivity contribution in [2.24, 2.45) is 0 Å². The predicted octanol–water partition coefficient (Wildman–Crippen LogP) is 4.18. The fourth-order valence-corrected chi connectivity index (χ4v) is 2.52. The van der Waals surface area contributed by atoms with Gasteiger partial charge in [0.1, 0.15) is 0 Å². The second-order valence-corrected chi connectivity index (χ2v) is 5.32. The number of nitrogens with zero attached hydrogens (tertiary/aromatic N) is 2. The summed E-state index contributed by atoms with van der Waals surface area (Å²) in [7, 11) is 0. The number of rotatable bonds is 6. The summed E-state index contributed by atoms with van der Waals surface area (Å²) < 4.78 is 2.90. The summed E-state index contributed by atoms with van der Waals surface area (Å²) in [4.78, 5) is 10.3. The van der Waals surface area contributed by atoms with Crippen molar-refractivity contribution in [1.29, 1.82) is 0 Å². The highest BCUT2D eigenvalue weighted by atomic mass is 79.9. The number of non-ortho nitro benzene ring substituents is 1. The van der Waals surface area contributed by atoms with Crippen LogP contribution in [0.4, 0.5) is 11.4 Å². The maximum Gasteiger partial charge on any atom is 0.270 e. The Morgan fingerprint density at radius 1 is 1.40 bits per heavy atom. The Morgan fingerprint density at radius 3 is 2.85 bits per heavy atom. The second-order valence-electron chi connectivity index (χ2n) is 4.47. The lowest BCUT2D eigenvalue weighted by Gasteiger charge is -2.11. The summed E-state index contributed by atoms with van der Waals surface area (Å²) in [6, 6.07) is 8.82. The van der Waals surface area contributed by atoms with Crippen LogP contribution in [0.15, 0.2) is 41.0 Å². The van der Waals surface area contributed by atoms with Gasteiger partial charge in [0.2, 0.25) is 0 Å². The first-order valence-electron chi connectivity index (χ1n) is 6.43. The van der Waals surface area contributed by atoms with Gasteiger partial charge in [0, 0.05) is 40.7 Å². The van der Waals surface area contributed by atoms with E-state index in [1.807, 2.05) is 6.07 Å². The number of anilines is 1. The maximum atomic E-state index is 10.7. The average molecular weight is 338 g/mol. The maximum absolute atomic E-state index is 10.7. The van der Waals surface area contributed by atoms with Gasteiger partial charge in [0.25, 0.3) is 5.69 Å². The standard InChI is InChI=1S/C14H16BrN3O2/c1-2-7-17-8-3-4-12(17)10-16-14-6-5-11(18(19)20)9-13(14)15/h3-6,8-9,16H,2,7,10H2,1H3. The molecule has 0 aliphatic rings. The Hall–Kier alpha value is -1.82. The summed E-state index contributed by atoms with van der Waals surface area (Å²) in [6.07, 6.45) is 3.15. The zero-order chi connectivity index (χ0) is 14.5. The number of nitrogens with one attached hydrogen (secondary N) is 1. The predicted molar refractivity (Wildman–Crippen MR) is 82.8 cm³/mol. The molecule has 0 saturated carbocycles. The number of benzene rings is 1. The van der Waals surface area contributed by atoms with Crippen molar-refractivity contribution in [3.05, 3.63) is 56.8 Å². The minimum Gasteiger partial charge on any atom is -0.379 e. The Morgan fingerprint density at radius 2 is 2.20 bits per heavy atom. The van der Waals surface area contributed by atoms with Gasteiger partial charge in [-0.25, -0.2) is 0 Å². The molecule has 0 aliphatic heterocycles. The molecule has 1 aromatic heterocycles. The highest BCUT2D eigenvalue weighted by molar-refractivity contribution is 9.10. The molecule has 106 valence electrons. The van der Waals surface area contributed by atoms with Crippen LogP contribution < -0.4 is 5.32 Å². The van der Waals surface area contributed by atoms with Gasteiger partial charge < -0.3 is 9.88 Å². The van der Waals surface area contributed by atoms with Crippen molar-refractivity contribution >= 4 is 27.3 Å². The van der Waals surface area contributed by atoms with Crippen LogP contribution in [0, 0.1) is 10.1 Å². The molecule has 5 nitrogen and oxygen atoms in total. The van der Waals surface area contributed by atoms with E-state index in [1.54, 1.807) is 6.07 Å². The first-order chi connectivity index (χ1) is 9.61. The van der Waals surface area contributed by atoms with Crippen molar-refractivity contribution in [2.75, 3.05) is 5.32 Å². The van der Waals surface area contributed by atoms with Crippen molar-refractivity contribution < 1.29 is 4.92 Å². The monoisotopic (exact) mass is 337 g/mol. The van der Waals surface area contributed by atoms with Gasteiger partial charge in [-0.3, -0.25) is 10.1 Å². The highest BCUT2D eigenvalue weighted by Crippen LogP contribution is 2.27. The van der Waals surface area contributed by atoms with Crippen molar-refractivity contribution in [3.8, 4) is 0 Å². The van der Waals surface area contributed by atoms with E-state index in [2.05, 4.69) is 45.0 Å². The number of hydrogen-bond acceptors (Lipinski definition) is 3. The largest absolute Gasteiger partial charge is 0.379 e. The number of nitro benzene ring substituents is 1. The summed E-state index contributed by atoms with van der Waals surface area (Å²) in [5, 5.41) is 14.0. The van der Waals surface area contributed by atoms with E-state index in [4.69, 9.17) is 0 Å². The molecule has 2 aromatic rings. The summed E-state index contributed by atoms with van der Waals surface area (Å²) >= 11 is 3.36. The molecular weight excluding hydrogens is 322 g/mol. The number of aromatic nitrogens is 1. The van der Waals surface area contributed by atoms with Gasteiger partial charge in [0.15, 0.2) is 0 Å². The molecule has 1 heterocycles. The van der Waals surface area contributed by atoms with E-state index in [0.29, 0.717) is 11.0 Å². The van der Waals surface area contributed by atoms with Gasteiger partial charge in [-0.2, -0.15) is 0 Å². The zero-order valence-corrected chi connectivity index (χ0v) is 12.8. The molecule has 1 N–H and O–H groups in total. The van der Waals surface area contributed by atoms with Gasteiger partial charge >= 0.3 is 0 Å². The third-order valence-electron chi connectivity index (χ3n) is 3.01. The molecule has 0 bridgehead atoms. The summed E-state index contributed by atoms with van der Waals surface area (Å²) in [6.45, 7) is 3.82. The average Bonchev–Trinajstić information content (AvgIpc) is 2.85. The SMILES string of the molecule is CCCn1cccc1CNc1ccc([N+](=O)[O-])cc1Br. The highest BCUT2D eigenvalue weighted by Gasteiger charge is 2.09. The Kier molecular flexibility index (Phi) is 4.79. The van der Waals surface area contributed by atoms with Crippen LogP contribution in [-0.4, -0.2) is 9.49 Å².